The van der Waals surface area contributed by atoms with Gasteiger partial charge in [0.1, 0.15) is 5.82 Å². The van der Waals surface area contributed by atoms with Crippen LogP contribution in [0.3, 0.4) is 0 Å². The number of rotatable bonds is 7. The van der Waals surface area contributed by atoms with Crippen LogP contribution in [0.1, 0.15) is 19.3 Å². The molecule has 0 aromatic carbocycles. The Morgan fingerprint density at radius 3 is 3.00 bits per heavy atom. The highest BCUT2D eigenvalue weighted by atomic mass is 16.5. The maximum Gasteiger partial charge on any atom is 0.148 e. The summed E-state index contributed by atoms with van der Waals surface area (Å²) in [5.74, 6) is 0.847. The quantitative estimate of drug-likeness (QED) is 0.673. The van der Waals surface area contributed by atoms with Crippen molar-refractivity contribution in [2.75, 3.05) is 25.6 Å². The summed E-state index contributed by atoms with van der Waals surface area (Å²) in [6.07, 6.45) is 5.11. The lowest BCUT2D eigenvalue weighted by Gasteiger charge is -2.03. The van der Waals surface area contributed by atoms with E-state index in [2.05, 4.69) is 15.5 Å². The fourth-order valence-electron chi connectivity index (χ4n) is 1.16. The molecule has 0 atom stereocenters. The van der Waals surface area contributed by atoms with Gasteiger partial charge < -0.3 is 10.1 Å². The van der Waals surface area contributed by atoms with Crippen molar-refractivity contribution in [2.45, 2.75) is 19.3 Å². The Bertz CT molecular complexity index is 228. The van der Waals surface area contributed by atoms with Crippen molar-refractivity contribution in [3.63, 3.8) is 0 Å². The van der Waals surface area contributed by atoms with Crippen LogP contribution >= 0.6 is 0 Å². The van der Waals surface area contributed by atoms with Crippen molar-refractivity contribution in [1.82, 2.24) is 10.2 Å². The molecule has 1 aromatic heterocycles. The summed E-state index contributed by atoms with van der Waals surface area (Å²) in [5.41, 5.74) is 0. The van der Waals surface area contributed by atoms with E-state index in [1.165, 1.54) is 6.42 Å². The molecule has 4 heteroatoms. The Morgan fingerprint density at radius 2 is 2.29 bits per heavy atom. The van der Waals surface area contributed by atoms with E-state index in [1.54, 1.807) is 13.3 Å². The lowest BCUT2D eigenvalue weighted by Crippen LogP contribution is -2.04. The highest BCUT2D eigenvalue weighted by molar-refractivity contribution is 5.30. The predicted molar refractivity (Wildman–Crippen MR) is 56.2 cm³/mol. The lowest BCUT2D eigenvalue weighted by atomic mass is 10.2. The van der Waals surface area contributed by atoms with Crippen LogP contribution in [0.2, 0.25) is 0 Å². The molecular weight excluding hydrogens is 178 g/mol. The molecule has 1 N–H and O–H groups in total. The molecule has 0 radical (unpaired) electrons. The van der Waals surface area contributed by atoms with Crippen molar-refractivity contribution in [2.24, 2.45) is 0 Å². The number of anilines is 1. The molecule has 0 aliphatic heterocycles. The van der Waals surface area contributed by atoms with Gasteiger partial charge in [0.05, 0.1) is 0 Å². The Hall–Kier alpha value is -1.16. The molecule has 14 heavy (non-hydrogen) atoms. The SMILES string of the molecule is COCCCCCNc1cccnn1. The van der Waals surface area contributed by atoms with E-state index in [0.29, 0.717) is 0 Å². The minimum atomic E-state index is 0.847. The van der Waals surface area contributed by atoms with Crippen molar-refractivity contribution in [1.29, 1.82) is 0 Å². The number of methoxy groups -OCH3 is 1. The minimum Gasteiger partial charge on any atom is -0.385 e. The van der Waals surface area contributed by atoms with Crippen LogP contribution in [0.4, 0.5) is 5.82 Å². The van der Waals surface area contributed by atoms with Gasteiger partial charge >= 0.3 is 0 Å². The highest BCUT2D eigenvalue weighted by Gasteiger charge is 1.92. The molecule has 0 unspecified atom stereocenters. The van der Waals surface area contributed by atoms with Crippen molar-refractivity contribution < 1.29 is 4.74 Å². The van der Waals surface area contributed by atoms with Gasteiger partial charge in [0.2, 0.25) is 0 Å². The first kappa shape index (κ1) is 10.9. The second-order valence-corrected chi connectivity index (χ2v) is 3.09. The fourth-order valence-corrected chi connectivity index (χ4v) is 1.16. The van der Waals surface area contributed by atoms with Crippen LogP contribution in [0.25, 0.3) is 0 Å². The predicted octanol–water partition coefficient (Wildman–Crippen LogP) is 1.71. The van der Waals surface area contributed by atoms with Gasteiger partial charge in [0.25, 0.3) is 0 Å². The molecule has 0 aliphatic carbocycles. The molecule has 0 amide bonds. The number of hydrogen-bond donors (Lipinski definition) is 1. The third-order valence-corrected chi connectivity index (χ3v) is 1.90. The summed E-state index contributed by atoms with van der Waals surface area (Å²) in [7, 11) is 1.73. The molecule has 1 heterocycles. The van der Waals surface area contributed by atoms with Crippen LogP contribution in [0.15, 0.2) is 18.3 Å². The fraction of sp³-hybridized carbons (Fsp3) is 0.600. The monoisotopic (exact) mass is 195 g/mol. The first-order chi connectivity index (χ1) is 6.93. The molecule has 0 aliphatic rings. The molecule has 1 aromatic rings. The maximum atomic E-state index is 4.96. The second kappa shape index (κ2) is 7.26. The van der Waals surface area contributed by atoms with Crippen molar-refractivity contribution in [3.8, 4) is 0 Å². The zero-order valence-electron chi connectivity index (χ0n) is 8.57. The smallest absolute Gasteiger partial charge is 0.148 e. The van der Waals surface area contributed by atoms with E-state index in [-0.39, 0.29) is 0 Å². The van der Waals surface area contributed by atoms with Gasteiger partial charge in [-0.05, 0) is 31.4 Å². The molecule has 4 nitrogen and oxygen atoms in total. The highest BCUT2D eigenvalue weighted by Crippen LogP contribution is 2.00. The summed E-state index contributed by atoms with van der Waals surface area (Å²) in [6.45, 7) is 1.80. The summed E-state index contributed by atoms with van der Waals surface area (Å²) in [5, 5.41) is 10.9. The average Bonchev–Trinajstić information content (AvgIpc) is 2.25. The number of ether oxygens (including phenoxy) is 1. The molecule has 0 saturated heterocycles. The molecule has 0 fully saturated rings. The number of nitrogens with zero attached hydrogens (tertiary/aromatic N) is 2. The van der Waals surface area contributed by atoms with E-state index < -0.39 is 0 Å². The number of hydrogen-bond acceptors (Lipinski definition) is 4. The van der Waals surface area contributed by atoms with E-state index in [9.17, 15) is 0 Å². The summed E-state index contributed by atoms with van der Waals surface area (Å²) in [4.78, 5) is 0. The third-order valence-electron chi connectivity index (χ3n) is 1.90. The zero-order valence-corrected chi connectivity index (χ0v) is 8.57. The molecule has 0 spiro atoms. The minimum absolute atomic E-state index is 0.847. The summed E-state index contributed by atoms with van der Waals surface area (Å²) >= 11 is 0. The van der Waals surface area contributed by atoms with Crippen LogP contribution in [-0.4, -0.2) is 30.5 Å². The lowest BCUT2D eigenvalue weighted by molar-refractivity contribution is 0.192. The van der Waals surface area contributed by atoms with Crippen LogP contribution in [0.5, 0.6) is 0 Å². The average molecular weight is 195 g/mol. The van der Waals surface area contributed by atoms with Gasteiger partial charge in [-0.15, -0.1) is 5.10 Å². The first-order valence-corrected chi connectivity index (χ1v) is 4.94. The van der Waals surface area contributed by atoms with Gasteiger partial charge in [0, 0.05) is 26.5 Å². The topological polar surface area (TPSA) is 47.0 Å². The van der Waals surface area contributed by atoms with E-state index in [4.69, 9.17) is 4.74 Å². The van der Waals surface area contributed by atoms with E-state index in [1.807, 2.05) is 12.1 Å². The Balaban J connectivity index is 1.99. The van der Waals surface area contributed by atoms with Crippen LogP contribution < -0.4 is 5.32 Å². The Morgan fingerprint density at radius 1 is 1.36 bits per heavy atom. The Labute approximate surface area is 84.7 Å². The van der Waals surface area contributed by atoms with Gasteiger partial charge in [-0.1, -0.05) is 0 Å². The van der Waals surface area contributed by atoms with Crippen LogP contribution in [-0.2, 0) is 4.74 Å². The maximum absolute atomic E-state index is 4.96. The number of aromatic nitrogens is 2. The first-order valence-electron chi connectivity index (χ1n) is 4.94. The largest absolute Gasteiger partial charge is 0.385 e. The number of unbranched alkanes of at least 4 members (excludes halogenated alkanes) is 2. The molecule has 0 saturated carbocycles. The van der Waals surface area contributed by atoms with Crippen molar-refractivity contribution in [3.05, 3.63) is 18.3 Å². The van der Waals surface area contributed by atoms with E-state index in [0.717, 1.165) is 31.8 Å². The van der Waals surface area contributed by atoms with Crippen LogP contribution in [0, 0.1) is 0 Å². The van der Waals surface area contributed by atoms with Gasteiger partial charge in [-0.3, -0.25) is 0 Å². The van der Waals surface area contributed by atoms with Crippen molar-refractivity contribution >= 4 is 5.82 Å². The normalized spacial score (nSPS) is 10.1. The summed E-state index contributed by atoms with van der Waals surface area (Å²) < 4.78 is 4.96. The second-order valence-electron chi connectivity index (χ2n) is 3.09. The van der Waals surface area contributed by atoms with Gasteiger partial charge in [0.15, 0.2) is 0 Å². The molecular formula is C10H17N3O. The van der Waals surface area contributed by atoms with E-state index >= 15 is 0 Å². The standard InChI is InChI=1S/C10H17N3O/c1-14-9-4-2-3-7-11-10-6-5-8-12-13-10/h5-6,8H,2-4,7,9H2,1H3,(H,11,13). The third kappa shape index (κ3) is 4.77. The molecule has 78 valence electrons. The zero-order chi connectivity index (χ0) is 10.1. The van der Waals surface area contributed by atoms with Gasteiger partial charge in [-0.2, -0.15) is 5.10 Å². The summed E-state index contributed by atoms with van der Waals surface area (Å²) in [6, 6.07) is 3.79. The Kier molecular flexibility index (Phi) is 5.66. The number of nitrogens with one attached hydrogen (secondary N) is 1. The van der Waals surface area contributed by atoms with Gasteiger partial charge in [-0.25, -0.2) is 0 Å². The molecule has 0 bridgehead atoms. The molecule has 1 rings (SSSR count).